The summed E-state index contributed by atoms with van der Waals surface area (Å²) in [6.07, 6.45) is 3.85. The number of nitrogens with one attached hydrogen (secondary N) is 1. The molecule has 0 aliphatic carbocycles. The molecule has 1 aromatic carbocycles. The molecule has 3 nitrogen and oxygen atoms in total. The lowest BCUT2D eigenvalue weighted by Crippen LogP contribution is -2.31. The molecule has 0 radical (unpaired) electrons. The SMILES string of the molecule is Cc1c(Cl)cccc1C(NN)C1=COCCC1. The van der Waals surface area contributed by atoms with Crippen LogP contribution < -0.4 is 11.3 Å². The average molecular weight is 253 g/mol. The molecular formula is C13H17ClN2O. The molecule has 0 saturated heterocycles. The van der Waals surface area contributed by atoms with Crippen molar-refractivity contribution in [2.24, 2.45) is 5.84 Å². The second-order valence-electron chi connectivity index (χ2n) is 4.22. The maximum absolute atomic E-state index is 6.13. The van der Waals surface area contributed by atoms with Crippen molar-refractivity contribution >= 4 is 11.6 Å². The first-order chi connectivity index (χ1) is 8.24. The van der Waals surface area contributed by atoms with Crippen LogP contribution in [0.1, 0.15) is 30.0 Å². The molecule has 1 aromatic rings. The van der Waals surface area contributed by atoms with Crippen LogP contribution in [0.5, 0.6) is 0 Å². The summed E-state index contributed by atoms with van der Waals surface area (Å²) in [4.78, 5) is 0. The molecule has 0 fully saturated rings. The summed E-state index contributed by atoms with van der Waals surface area (Å²) >= 11 is 6.13. The summed E-state index contributed by atoms with van der Waals surface area (Å²) in [6, 6.07) is 5.86. The number of nitrogens with two attached hydrogens (primary N) is 1. The molecule has 0 bridgehead atoms. The summed E-state index contributed by atoms with van der Waals surface area (Å²) in [5, 5.41) is 0.764. The standard InChI is InChI=1S/C13H17ClN2O/c1-9-11(5-2-6-12(9)14)13(16-15)10-4-3-7-17-8-10/h2,5-6,8,13,16H,3-4,7,15H2,1H3. The lowest BCUT2D eigenvalue weighted by atomic mass is 9.93. The highest BCUT2D eigenvalue weighted by atomic mass is 35.5. The van der Waals surface area contributed by atoms with Gasteiger partial charge in [-0.15, -0.1) is 0 Å². The van der Waals surface area contributed by atoms with E-state index in [0.29, 0.717) is 0 Å². The predicted molar refractivity (Wildman–Crippen MR) is 69.5 cm³/mol. The van der Waals surface area contributed by atoms with Gasteiger partial charge in [0, 0.05) is 5.02 Å². The van der Waals surface area contributed by atoms with Crippen molar-refractivity contribution in [2.45, 2.75) is 25.8 Å². The van der Waals surface area contributed by atoms with Gasteiger partial charge in [-0.3, -0.25) is 5.84 Å². The largest absolute Gasteiger partial charge is 0.501 e. The van der Waals surface area contributed by atoms with E-state index in [4.69, 9.17) is 22.2 Å². The van der Waals surface area contributed by atoms with Crippen LogP contribution in [0.2, 0.25) is 5.02 Å². The molecule has 0 saturated carbocycles. The first-order valence-electron chi connectivity index (χ1n) is 5.75. The smallest absolute Gasteiger partial charge is 0.0876 e. The minimum absolute atomic E-state index is 0.0194. The Balaban J connectivity index is 2.34. The number of rotatable bonds is 3. The Hall–Kier alpha value is -1.03. The fourth-order valence-electron chi connectivity index (χ4n) is 2.13. The number of hydrazine groups is 1. The van der Waals surface area contributed by atoms with Crippen molar-refractivity contribution < 1.29 is 4.74 Å². The summed E-state index contributed by atoms with van der Waals surface area (Å²) in [6.45, 7) is 2.79. The topological polar surface area (TPSA) is 47.3 Å². The molecule has 0 amide bonds. The lowest BCUT2D eigenvalue weighted by molar-refractivity contribution is 0.219. The van der Waals surface area contributed by atoms with Gasteiger partial charge in [0.25, 0.3) is 0 Å². The minimum atomic E-state index is -0.0194. The zero-order valence-electron chi connectivity index (χ0n) is 9.87. The molecule has 0 spiro atoms. The van der Waals surface area contributed by atoms with Crippen LogP contribution in [-0.4, -0.2) is 6.61 Å². The van der Waals surface area contributed by atoms with Crippen LogP contribution in [0.25, 0.3) is 0 Å². The highest BCUT2D eigenvalue weighted by Gasteiger charge is 2.20. The molecule has 4 heteroatoms. The van der Waals surface area contributed by atoms with Gasteiger partial charge < -0.3 is 4.74 Å². The van der Waals surface area contributed by atoms with Gasteiger partial charge in [-0.1, -0.05) is 23.7 Å². The quantitative estimate of drug-likeness (QED) is 0.642. The zero-order valence-corrected chi connectivity index (χ0v) is 10.6. The van der Waals surface area contributed by atoms with Crippen molar-refractivity contribution in [3.8, 4) is 0 Å². The van der Waals surface area contributed by atoms with Crippen molar-refractivity contribution in [1.82, 2.24) is 5.43 Å². The Labute approximate surface area is 107 Å². The molecule has 1 atom stereocenters. The van der Waals surface area contributed by atoms with E-state index in [1.807, 2.05) is 31.4 Å². The fourth-order valence-corrected chi connectivity index (χ4v) is 2.31. The maximum atomic E-state index is 6.13. The maximum Gasteiger partial charge on any atom is 0.0876 e. The van der Waals surface area contributed by atoms with E-state index in [9.17, 15) is 0 Å². The fraction of sp³-hybridized carbons (Fsp3) is 0.385. The molecule has 1 aliphatic heterocycles. The van der Waals surface area contributed by atoms with Crippen molar-refractivity contribution in [1.29, 1.82) is 0 Å². The van der Waals surface area contributed by atoms with E-state index < -0.39 is 0 Å². The summed E-state index contributed by atoms with van der Waals surface area (Å²) in [5.74, 6) is 5.67. The predicted octanol–water partition coefficient (Wildman–Crippen LogP) is 2.85. The molecule has 2 rings (SSSR count). The molecule has 1 unspecified atom stereocenters. The molecule has 92 valence electrons. The minimum Gasteiger partial charge on any atom is -0.501 e. The third-order valence-corrected chi connectivity index (χ3v) is 3.53. The monoisotopic (exact) mass is 252 g/mol. The molecule has 0 aromatic heterocycles. The summed E-state index contributed by atoms with van der Waals surface area (Å²) in [7, 11) is 0. The summed E-state index contributed by atoms with van der Waals surface area (Å²) < 4.78 is 5.37. The molecular weight excluding hydrogens is 236 g/mol. The molecule has 3 N–H and O–H groups in total. The van der Waals surface area contributed by atoms with Gasteiger partial charge in [0.05, 0.1) is 18.9 Å². The van der Waals surface area contributed by atoms with E-state index >= 15 is 0 Å². The Bertz CT molecular complexity index is 431. The lowest BCUT2D eigenvalue weighted by Gasteiger charge is -2.24. The van der Waals surface area contributed by atoms with E-state index in [-0.39, 0.29) is 6.04 Å². The van der Waals surface area contributed by atoms with Crippen molar-refractivity contribution in [2.75, 3.05) is 6.61 Å². The molecule has 1 aliphatic rings. The number of hydrogen-bond acceptors (Lipinski definition) is 3. The van der Waals surface area contributed by atoms with Crippen LogP contribution in [0.15, 0.2) is 30.0 Å². The summed E-state index contributed by atoms with van der Waals surface area (Å²) in [5.41, 5.74) is 6.19. The highest BCUT2D eigenvalue weighted by molar-refractivity contribution is 6.31. The third kappa shape index (κ3) is 2.63. The number of ether oxygens (including phenoxy) is 1. The normalized spacial score (nSPS) is 17.2. The zero-order chi connectivity index (χ0) is 12.3. The Morgan fingerprint density at radius 2 is 2.29 bits per heavy atom. The first-order valence-corrected chi connectivity index (χ1v) is 6.13. The third-order valence-electron chi connectivity index (χ3n) is 3.12. The van der Waals surface area contributed by atoms with Crippen LogP contribution in [0.4, 0.5) is 0 Å². The van der Waals surface area contributed by atoms with Gasteiger partial charge in [0.2, 0.25) is 0 Å². The number of halogens is 1. The van der Waals surface area contributed by atoms with E-state index in [1.165, 1.54) is 5.57 Å². The highest BCUT2D eigenvalue weighted by Crippen LogP contribution is 2.31. The second kappa shape index (κ2) is 5.54. The second-order valence-corrected chi connectivity index (χ2v) is 4.63. The Morgan fingerprint density at radius 3 is 2.94 bits per heavy atom. The Morgan fingerprint density at radius 1 is 1.47 bits per heavy atom. The molecule has 1 heterocycles. The van der Waals surface area contributed by atoms with Crippen molar-refractivity contribution in [3.05, 3.63) is 46.2 Å². The van der Waals surface area contributed by atoms with E-state index in [1.54, 1.807) is 0 Å². The van der Waals surface area contributed by atoms with Gasteiger partial charge in [-0.05, 0) is 42.5 Å². The van der Waals surface area contributed by atoms with E-state index in [0.717, 1.165) is 35.6 Å². The number of benzene rings is 1. The number of hydrogen-bond donors (Lipinski definition) is 2. The molecule has 17 heavy (non-hydrogen) atoms. The van der Waals surface area contributed by atoms with Gasteiger partial charge in [-0.2, -0.15) is 0 Å². The van der Waals surface area contributed by atoms with Gasteiger partial charge in [0.15, 0.2) is 0 Å². The van der Waals surface area contributed by atoms with Crippen LogP contribution in [-0.2, 0) is 4.74 Å². The van der Waals surface area contributed by atoms with Gasteiger partial charge >= 0.3 is 0 Å². The van der Waals surface area contributed by atoms with Crippen molar-refractivity contribution in [3.63, 3.8) is 0 Å². The van der Waals surface area contributed by atoms with Gasteiger partial charge in [-0.25, -0.2) is 5.43 Å². The van der Waals surface area contributed by atoms with Crippen LogP contribution in [0.3, 0.4) is 0 Å². The Kier molecular flexibility index (Phi) is 4.05. The van der Waals surface area contributed by atoms with Crippen LogP contribution >= 0.6 is 11.6 Å². The van der Waals surface area contributed by atoms with E-state index in [2.05, 4.69) is 5.43 Å². The average Bonchev–Trinajstić information content (AvgIpc) is 2.37. The van der Waals surface area contributed by atoms with Gasteiger partial charge in [0.1, 0.15) is 0 Å². The van der Waals surface area contributed by atoms with Crippen LogP contribution in [0, 0.1) is 6.92 Å². The first kappa shape index (κ1) is 12.4.